The molecule has 0 saturated heterocycles. The molecule has 0 saturated carbocycles. The Morgan fingerprint density at radius 2 is 1.85 bits per heavy atom. The molecule has 0 spiro atoms. The van der Waals surface area contributed by atoms with Crippen molar-refractivity contribution in [2.45, 2.75) is 40.0 Å². The molecule has 78 valence electrons. The first-order valence-corrected chi connectivity index (χ1v) is 4.67. The maximum absolute atomic E-state index is 10.7. The Balaban J connectivity index is 4.48. The molecule has 4 heteroatoms. The molecule has 0 aromatic heterocycles. The van der Waals surface area contributed by atoms with Gasteiger partial charge in [-0.1, -0.05) is 20.8 Å². The van der Waals surface area contributed by atoms with Crippen molar-refractivity contribution in [2.24, 2.45) is 0 Å². The van der Waals surface area contributed by atoms with E-state index in [0.717, 1.165) is 0 Å². The lowest BCUT2D eigenvalue weighted by molar-refractivity contribution is -0.276. The summed E-state index contributed by atoms with van der Waals surface area (Å²) in [5.74, 6) is -1.90. The van der Waals surface area contributed by atoms with Gasteiger partial charge in [-0.05, 0) is 0 Å². The normalized spacial score (nSPS) is 15.5. The predicted molar refractivity (Wildman–Crippen MR) is 49.9 cm³/mol. The van der Waals surface area contributed by atoms with Crippen LogP contribution >= 0.6 is 0 Å². The van der Waals surface area contributed by atoms with Crippen molar-refractivity contribution in [3.8, 4) is 0 Å². The molecule has 0 radical (unpaired) electrons. The van der Waals surface area contributed by atoms with Crippen LogP contribution in [0.15, 0.2) is 0 Å². The minimum Gasteiger partial charge on any atom is -0.419 e. The van der Waals surface area contributed by atoms with Crippen LogP contribution < -0.4 is 0 Å². The Morgan fingerprint density at radius 3 is 2.08 bits per heavy atom. The first-order valence-electron chi connectivity index (χ1n) is 4.67. The van der Waals surface area contributed by atoms with Crippen molar-refractivity contribution in [1.82, 2.24) is 4.90 Å². The molecule has 0 aromatic rings. The lowest BCUT2D eigenvalue weighted by Gasteiger charge is -2.36. The highest BCUT2D eigenvalue weighted by Crippen LogP contribution is 2.17. The zero-order valence-corrected chi connectivity index (χ0v) is 8.83. The van der Waals surface area contributed by atoms with Gasteiger partial charge < -0.3 is 9.84 Å². The molecular formula is C9H19NO3. The molecule has 13 heavy (non-hydrogen) atoms. The summed E-state index contributed by atoms with van der Waals surface area (Å²) in [5.41, 5.74) is 0. The second-order valence-corrected chi connectivity index (χ2v) is 2.86. The second-order valence-electron chi connectivity index (χ2n) is 2.86. The van der Waals surface area contributed by atoms with Gasteiger partial charge in [-0.15, -0.1) is 0 Å². The fourth-order valence-electron chi connectivity index (χ4n) is 1.31. The molecule has 0 rings (SSSR count). The Bertz CT molecular complexity index is 168. The van der Waals surface area contributed by atoms with E-state index in [-0.39, 0.29) is 0 Å². The molecule has 0 amide bonds. The first-order chi connectivity index (χ1) is 6.00. The number of ether oxygens (including phenoxy) is 1. The monoisotopic (exact) mass is 189 g/mol. The summed E-state index contributed by atoms with van der Waals surface area (Å²) in [7, 11) is 0. The number of aliphatic hydroxyl groups is 1. The van der Waals surface area contributed by atoms with Gasteiger partial charge in [0.1, 0.15) is 0 Å². The largest absolute Gasteiger partial charge is 0.419 e. The van der Waals surface area contributed by atoms with Crippen LogP contribution in [-0.4, -0.2) is 35.0 Å². The molecule has 0 aliphatic rings. The van der Waals surface area contributed by atoms with E-state index >= 15 is 0 Å². The van der Waals surface area contributed by atoms with Gasteiger partial charge in [-0.25, -0.2) is 4.90 Å². The van der Waals surface area contributed by atoms with E-state index in [0.29, 0.717) is 19.5 Å². The minimum atomic E-state index is -1.44. The second kappa shape index (κ2) is 5.19. The van der Waals surface area contributed by atoms with Crippen molar-refractivity contribution in [1.29, 1.82) is 0 Å². The molecule has 0 aliphatic carbocycles. The van der Waals surface area contributed by atoms with Crippen LogP contribution in [0, 0.1) is 0 Å². The smallest absolute Gasteiger partial charge is 0.306 e. The van der Waals surface area contributed by atoms with Gasteiger partial charge in [-0.2, -0.15) is 0 Å². The highest BCUT2D eigenvalue weighted by Gasteiger charge is 2.33. The van der Waals surface area contributed by atoms with E-state index < -0.39 is 11.9 Å². The van der Waals surface area contributed by atoms with Gasteiger partial charge in [0, 0.05) is 26.4 Å². The summed E-state index contributed by atoms with van der Waals surface area (Å²) in [6.07, 6.45) is 0.369. The van der Waals surface area contributed by atoms with Gasteiger partial charge in [-0.3, -0.25) is 4.79 Å². The van der Waals surface area contributed by atoms with Crippen LogP contribution in [0.3, 0.4) is 0 Å². The van der Waals surface area contributed by atoms with Gasteiger partial charge in [0.25, 0.3) is 5.91 Å². The van der Waals surface area contributed by atoms with Crippen LogP contribution in [0.4, 0.5) is 0 Å². The Kier molecular flexibility index (Phi) is 4.95. The zero-order chi connectivity index (χ0) is 10.5. The number of carbonyl (C=O) groups excluding carboxylic acids is 1. The number of esters is 1. The van der Waals surface area contributed by atoms with Crippen molar-refractivity contribution in [2.75, 3.05) is 13.1 Å². The first kappa shape index (κ1) is 12.4. The van der Waals surface area contributed by atoms with E-state index in [1.165, 1.54) is 6.92 Å². The third kappa shape index (κ3) is 3.32. The average molecular weight is 189 g/mol. The highest BCUT2D eigenvalue weighted by atomic mass is 16.7. The van der Waals surface area contributed by atoms with Crippen molar-refractivity contribution >= 4 is 5.97 Å². The fraction of sp³-hybridized carbons (Fsp3) is 0.889. The number of hydrogen-bond acceptors (Lipinski definition) is 4. The molecule has 0 heterocycles. The van der Waals surface area contributed by atoms with Crippen LogP contribution in [0.5, 0.6) is 0 Å². The molecule has 1 unspecified atom stereocenters. The summed E-state index contributed by atoms with van der Waals surface area (Å²) in [6, 6.07) is 0. The SMILES string of the molecule is CCN(CC)C(O)(CC)OC(C)=O. The number of hydrogen-bond donors (Lipinski definition) is 1. The lowest BCUT2D eigenvalue weighted by Crippen LogP contribution is -2.51. The lowest BCUT2D eigenvalue weighted by atomic mass is 10.3. The molecule has 1 N–H and O–H groups in total. The van der Waals surface area contributed by atoms with Gasteiger partial charge in [0.2, 0.25) is 0 Å². The maximum Gasteiger partial charge on any atom is 0.306 e. The quantitative estimate of drug-likeness (QED) is 0.516. The van der Waals surface area contributed by atoms with E-state index in [1.54, 1.807) is 11.8 Å². The van der Waals surface area contributed by atoms with Crippen LogP contribution in [-0.2, 0) is 9.53 Å². The van der Waals surface area contributed by atoms with Gasteiger partial charge in [0.15, 0.2) is 0 Å². The summed E-state index contributed by atoms with van der Waals surface area (Å²) in [6.45, 7) is 8.19. The molecular weight excluding hydrogens is 170 g/mol. The minimum absolute atomic E-state index is 0.369. The van der Waals surface area contributed by atoms with Crippen LogP contribution in [0.1, 0.15) is 34.1 Å². The van der Waals surface area contributed by atoms with Crippen molar-refractivity contribution in [3.05, 3.63) is 0 Å². The van der Waals surface area contributed by atoms with Gasteiger partial charge in [0.05, 0.1) is 0 Å². The summed E-state index contributed by atoms with van der Waals surface area (Å²) in [4.78, 5) is 12.4. The highest BCUT2D eigenvalue weighted by molar-refractivity contribution is 5.66. The third-order valence-corrected chi connectivity index (χ3v) is 2.03. The summed E-state index contributed by atoms with van der Waals surface area (Å²) < 4.78 is 4.87. The standard InChI is InChI=1S/C9H19NO3/c1-5-9(12,13-8(4)11)10(6-2)7-3/h12H,5-7H2,1-4H3. The molecule has 0 bridgehead atoms. The molecule has 1 atom stereocenters. The maximum atomic E-state index is 10.7. The Morgan fingerprint density at radius 1 is 1.38 bits per heavy atom. The van der Waals surface area contributed by atoms with Gasteiger partial charge >= 0.3 is 5.97 Å². The molecule has 0 aliphatic heterocycles. The van der Waals surface area contributed by atoms with E-state index in [9.17, 15) is 9.90 Å². The number of rotatable bonds is 5. The molecule has 0 fully saturated rings. The number of nitrogens with zero attached hydrogens (tertiary/aromatic N) is 1. The van der Waals surface area contributed by atoms with Crippen molar-refractivity contribution in [3.63, 3.8) is 0 Å². The third-order valence-electron chi connectivity index (χ3n) is 2.03. The zero-order valence-electron chi connectivity index (χ0n) is 8.83. The summed E-state index contributed by atoms with van der Waals surface area (Å²) in [5, 5.41) is 9.93. The molecule has 0 aromatic carbocycles. The average Bonchev–Trinajstić information content (AvgIpc) is 2.05. The van der Waals surface area contributed by atoms with Crippen LogP contribution in [0.25, 0.3) is 0 Å². The van der Waals surface area contributed by atoms with E-state index in [2.05, 4.69) is 0 Å². The Labute approximate surface area is 79.5 Å². The van der Waals surface area contributed by atoms with E-state index in [4.69, 9.17) is 4.74 Å². The predicted octanol–water partition coefficient (Wildman–Crippen LogP) is 0.947. The molecule has 4 nitrogen and oxygen atoms in total. The topological polar surface area (TPSA) is 49.8 Å². The van der Waals surface area contributed by atoms with Crippen molar-refractivity contribution < 1.29 is 14.6 Å². The fourth-order valence-corrected chi connectivity index (χ4v) is 1.31. The summed E-state index contributed by atoms with van der Waals surface area (Å²) >= 11 is 0. The Hall–Kier alpha value is -0.610. The van der Waals surface area contributed by atoms with Crippen LogP contribution in [0.2, 0.25) is 0 Å². The van der Waals surface area contributed by atoms with E-state index in [1.807, 2.05) is 13.8 Å². The number of carbonyl (C=O) groups is 1.